The smallest absolute Gasteiger partial charge is 0.178 e. The molecule has 0 aromatic heterocycles. The molecule has 0 atom stereocenters. The molecule has 0 aliphatic carbocycles. The standard InChI is InChI=1S/C15H18O2/c1-3-5-10-14(11-6-4-2)16-17-15-12-8-7-9-13-15/h3,6-13H,1,4-5H2,2H3/b11-6-,14-10?. The molecule has 0 spiro atoms. The molecule has 0 heterocycles. The summed E-state index contributed by atoms with van der Waals surface area (Å²) in [5, 5.41) is 0. The van der Waals surface area contributed by atoms with Gasteiger partial charge in [0.15, 0.2) is 11.5 Å². The van der Waals surface area contributed by atoms with E-state index < -0.39 is 0 Å². The molecule has 2 nitrogen and oxygen atoms in total. The highest BCUT2D eigenvalue weighted by atomic mass is 17.2. The summed E-state index contributed by atoms with van der Waals surface area (Å²) in [5.41, 5.74) is 0. The average Bonchev–Trinajstić information content (AvgIpc) is 2.39. The maximum absolute atomic E-state index is 5.26. The first-order valence-electron chi connectivity index (χ1n) is 5.74. The highest BCUT2D eigenvalue weighted by molar-refractivity contribution is 5.20. The van der Waals surface area contributed by atoms with Crippen LogP contribution >= 0.6 is 0 Å². The largest absolute Gasteiger partial charge is 0.290 e. The molecule has 1 rings (SSSR count). The van der Waals surface area contributed by atoms with Crippen molar-refractivity contribution in [1.29, 1.82) is 0 Å². The fourth-order valence-corrected chi connectivity index (χ4v) is 1.14. The minimum absolute atomic E-state index is 0.682. The third-order valence-corrected chi connectivity index (χ3v) is 1.98. The van der Waals surface area contributed by atoms with Crippen LogP contribution in [0.1, 0.15) is 19.8 Å². The maximum Gasteiger partial charge on any atom is 0.178 e. The van der Waals surface area contributed by atoms with Gasteiger partial charge in [-0.25, -0.2) is 0 Å². The van der Waals surface area contributed by atoms with E-state index in [9.17, 15) is 0 Å². The summed E-state index contributed by atoms with van der Waals surface area (Å²) in [6.45, 7) is 5.74. The van der Waals surface area contributed by atoms with Gasteiger partial charge in [0, 0.05) is 0 Å². The quantitative estimate of drug-likeness (QED) is 0.227. The summed E-state index contributed by atoms with van der Waals surface area (Å²) < 4.78 is 0. The normalized spacial score (nSPS) is 11.5. The van der Waals surface area contributed by atoms with E-state index in [0.717, 1.165) is 12.8 Å². The van der Waals surface area contributed by atoms with Crippen LogP contribution in [-0.4, -0.2) is 0 Å². The van der Waals surface area contributed by atoms with Crippen LogP contribution in [-0.2, 0) is 4.89 Å². The fraction of sp³-hybridized carbons (Fsp3) is 0.200. The van der Waals surface area contributed by atoms with Crippen molar-refractivity contribution in [3.05, 3.63) is 67.0 Å². The van der Waals surface area contributed by atoms with Gasteiger partial charge < -0.3 is 0 Å². The molecule has 0 unspecified atom stereocenters. The molecule has 0 amide bonds. The summed E-state index contributed by atoms with van der Waals surface area (Å²) in [5.74, 6) is 1.37. The van der Waals surface area contributed by atoms with E-state index in [1.165, 1.54) is 0 Å². The zero-order valence-electron chi connectivity index (χ0n) is 10.1. The van der Waals surface area contributed by atoms with Gasteiger partial charge in [0.1, 0.15) is 0 Å². The number of hydrogen-bond acceptors (Lipinski definition) is 2. The van der Waals surface area contributed by atoms with Crippen LogP contribution in [0.5, 0.6) is 5.75 Å². The van der Waals surface area contributed by atoms with Crippen LogP contribution in [0, 0.1) is 0 Å². The van der Waals surface area contributed by atoms with E-state index in [2.05, 4.69) is 13.5 Å². The van der Waals surface area contributed by atoms with Crippen molar-refractivity contribution < 1.29 is 9.78 Å². The molecule has 0 N–H and O–H groups in total. The van der Waals surface area contributed by atoms with Gasteiger partial charge in [-0.15, -0.1) is 6.58 Å². The van der Waals surface area contributed by atoms with Gasteiger partial charge >= 0.3 is 0 Å². The summed E-state index contributed by atoms with van der Waals surface area (Å²) in [7, 11) is 0. The highest BCUT2D eigenvalue weighted by Crippen LogP contribution is 2.12. The maximum atomic E-state index is 5.26. The van der Waals surface area contributed by atoms with Crippen molar-refractivity contribution in [3.8, 4) is 5.75 Å². The van der Waals surface area contributed by atoms with Crippen LogP contribution < -0.4 is 4.89 Å². The molecule has 0 bridgehead atoms. The number of allylic oxidation sites excluding steroid dienone is 4. The Hall–Kier alpha value is -1.96. The van der Waals surface area contributed by atoms with Crippen LogP contribution in [0.2, 0.25) is 0 Å². The Morgan fingerprint density at radius 3 is 2.71 bits per heavy atom. The van der Waals surface area contributed by atoms with E-state index >= 15 is 0 Å². The molecule has 2 heteroatoms. The number of para-hydroxylation sites is 1. The number of benzene rings is 1. The van der Waals surface area contributed by atoms with Crippen molar-refractivity contribution >= 4 is 0 Å². The minimum Gasteiger partial charge on any atom is -0.290 e. The molecule has 1 aromatic carbocycles. The monoisotopic (exact) mass is 230 g/mol. The van der Waals surface area contributed by atoms with Crippen molar-refractivity contribution in [2.24, 2.45) is 0 Å². The van der Waals surface area contributed by atoms with E-state index in [1.807, 2.05) is 54.6 Å². The molecular formula is C15H18O2. The number of rotatable bonds is 7. The molecule has 0 aliphatic heterocycles. The topological polar surface area (TPSA) is 18.5 Å². The zero-order valence-corrected chi connectivity index (χ0v) is 10.1. The first-order valence-corrected chi connectivity index (χ1v) is 5.74. The number of hydrogen-bond donors (Lipinski definition) is 0. The molecule has 0 radical (unpaired) electrons. The van der Waals surface area contributed by atoms with Crippen molar-refractivity contribution in [1.82, 2.24) is 0 Å². The second kappa shape index (κ2) is 8.22. The Kier molecular flexibility index (Phi) is 6.34. The lowest BCUT2D eigenvalue weighted by atomic mass is 10.3. The Morgan fingerprint density at radius 1 is 1.29 bits per heavy atom. The third-order valence-electron chi connectivity index (χ3n) is 1.98. The predicted molar refractivity (Wildman–Crippen MR) is 70.5 cm³/mol. The van der Waals surface area contributed by atoms with E-state index in [1.54, 1.807) is 0 Å². The van der Waals surface area contributed by atoms with Crippen LogP contribution in [0.25, 0.3) is 0 Å². The van der Waals surface area contributed by atoms with Gasteiger partial charge in [0.05, 0.1) is 0 Å². The van der Waals surface area contributed by atoms with Gasteiger partial charge in [-0.1, -0.05) is 37.3 Å². The van der Waals surface area contributed by atoms with Gasteiger partial charge in [0.25, 0.3) is 0 Å². The molecule has 1 aromatic rings. The van der Waals surface area contributed by atoms with Crippen LogP contribution in [0.15, 0.2) is 67.0 Å². The van der Waals surface area contributed by atoms with E-state index in [0.29, 0.717) is 11.5 Å². The Labute approximate surface area is 103 Å². The first kappa shape index (κ1) is 13.1. The van der Waals surface area contributed by atoms with E-state index in [4.69, 9.17) is 9.78 Å². The molecular weight excluding hydrogens is 212 g/mol. The molecule has 17 heavy (non-hydrogen) atoms. The molecule has 90 valence electrons. The second-order valence-corrected chi connectivity index (χ2v) is 3.42. The molecule has 0 aliphatic rings. The van der Waals surface area contributed by atoms with E-state index in [-0.39, 0.29) is 0 Å². The Bertz CT molecular complexity index is 377. The zero-order chi connectivity index (χ0) is 12.3. The fourth-order valence-electron chi connectivity index (χ4n) is 1.14. The second-order valence-electron chi connectivity index (χ2n) is 3.42. The SMILES string of the molecule is C=CCC=C(/C=C\CC)OOc1ccccc1. The van der Waals surface area contributed by atoms with Crippen LogP contribution in [0.4, 0.5) is 0 Å². The van der Waals surface area contributed by atoms with Gasteiger partial charge in [-0.3, -0.25) is 9.78 Å². The lowest BCUT2D eigenvalue weighted by Gasteiger charge is -2.05. The molecule has 0 saturated heterocycles. The van der Waals surface area contributed by atoms with Crippen molar-refractivity contribution in [2.45, 2.75) is 19.8 Å². The summed E-state index contributed by atoms with van der Waals surface area (Å²) in [6.07, 6.45) is 9.35. The predicted octanol–water partition coefficient (Wildman–Crippen LogP) is 4.42. The van der Waals surface area contributed by atoms with Gasteiger partial charge in [-0.2, -0.15) is 0 Å². The van der Waals surface area contributed by atoms with Crippen molar-refractivity contribution in [3.63, 3.8) is 0 Å². The molecule has 0 saturated carbocycles. The summed E-state index contributed by atoms with van der Waals surface area (Å²) in [6, 6.07) is 9.41. The summed E-state index contributed by atoms with van der Waals surface area (Å²) >= 11 is 0. The third kappa shape index (κ3) is 5.61. The van der Waals surface area contributed by atoms with Gasteiger partial charge in [0.2, 0.25) is 0 Å². The summed E-state index contributed by atoms with van der Waals surface area (Å²) in [4.78, 5) is 10.5. The first-order chi connectivity index (χ1) is 8.36. The van der Waals surface area contributed by atoms with Crippen LogP contribution in [0.3, 0.4) is 0 Å². The Morgan fingerprint density at radius 2 is 2.06 bits per heavy atom. The van der Waals surface area contributed by atoms with Gasteiger partial charge in [-0.05, 0) is 37.1 Å². The molecule has 0 fully saturated rings. The highest BCUT2D eigenvalue weighted by Gasteiger charge is 1.96. The lowest BCUT2D eigenvalue weighted by Crippen LogP contribution is -1.95. The average molecular weight is 230 g/mol. The minimum atomic E-state index is 0.682. The lowest BCUT2D eigenvalue weighted by molar-refractivity contribution is -0.161. The van der Waals surface area contributed by atoms with Crippen molar-refractivity contribution in [2.75, 3.05) is 0 Å². The Balaban J connectivity index is 2.54.